The molecule has 4 rings (SSSR count). The first-order chi connectivity index (χ1) is 11.8. The fourth-order valence-electron chi connectivity index (χ4n) is 2.67. The third-order valence-electron chi connectivity index (χ3n) is 3.86. The predicted molar refractivity (Wildman–Crippen MR) is 91.9 cm³/mol. The van der Waals surface area contributed by atoms with Crippen LogP contribution in [-0.4, -0.2) is 16.3 Å². The smallest absolute Gasteiger partial charge is 0.195 e. The first-order valence-corrected chi connectivity index (χ1v) is 7.66. The lowest BCUT2D eigenvalue weighted by molar-refractivity contribution is 0.112. The molecule has 2 aromatic heterocycles. The summed E-state index contributed by atoms with van der Waals surface area (Å²) < 4.78 is 5.82. The molecule has 4 heteroatoms. The number of hydrogen-bond donors (Lipinski definition) is 0. The number of carbonyl (C=O) groups excluding carboxylic acids is 1. The molecule has 24 heavy (non-hydrogen) atoms. The number of aldehydes is 1. The van der Waals surface area contributed by atoms with Crippen LogP contribution < -0.4 is 0 Å². The van der Waals surface area contributed by atoms with E-state index in [1.807, 2.05) is 30.3 Å². The summed E-state index contributed by atoms with van der Waals surface area (Å²) in [6, 6.07) is 18.4. The SMILES string of the molecule is O=Cc1cnc(-c2cc3cc(Cc4ccccc4)ccc3o2)nc1. The summed E-state index contributed by atoms with van der Waals surface area (Å²) in [6.07, 6.45) is 4.58. The van der Waals surface area contributed by atoms with Crippen LogP contribution in [0.3, 0.4) is 0 Å². The number of benzene rings is 2. The summed E-state index contributed by atoms with van der Waals surface area (Å²) in [4.78, 5) is 19.0. The molecule has 0 fully saturated rings. The lowest BCUT2D eigenvalue weighted by Gasteiger charge is -2.01. The minimum Gasteiger partial charge on any atom is -0.453 e. The van der Waals surface area contributed by atoms with Crippen molar-refractivity contribution in [2.75, 3.05) is 0 Å². The van der Waals surface area contributed by atoms with Crippen molar-refractivity contribution in [1.82, 2.24) is 9.97 Å². The van der Waals surface area contributed by atoms with Gasteiger partial charge < -0.3 is 4.42 Å². The third kappa shape index (κ3) is 2.82. The van der Waals surface area contributed by atoms with Crippen LogP contribution in [0.25, 0.3) is 22.6 Å². The lowest BCUT2D eigenvalue weighted by Crippen LogP contribution is -1.89. The van der Waals surface area contributed by atoms with Gasteiger partial charge in [-0.1, -0.05) is 36.4 Å². The predicted octanol–water partition coefficient (Wildman–Crippen LogP) is 4.29. The molecule has 0 saturated heterocycles. The number of rotatable bonds is 4. The van der Waals surface area contributed by atoms with Crippen LogP contribution in [0.4, 0.5) is 0 Å². The van der Waals surface area contributed by atoms with Crippen LogP contribution in [0, 0.1) is 0 Å². The van der Waals surface area contributed by atoms with Gasteiger partial charge in [-0.3, -0.25) is 4.79 Å². The largest absolute Gasteiger partial charge is 0.453 e. The second-order valence-electron chi connectivity index (χ2n) is 5.60. The first-order valence-electron chi connectivity index (χ1n) is 7.66. The Labute approximate surface area is 138 Å². The van der Waals surface area contributed by atoms with Crippen LogP contribution in [0.1, 0.15) is 21.5 Å². The Kier molecular flexibility index (Phi) is 3.63. The molecule has 2 aromatic carbocycles. The highest BCUT2D eigenvalue weighted by Gasteiger charge is 2.09. The van der Waals surface area contributed by atoms with E-state index in [0.29, 0.717) is 17.1 Å². The summed E-state index contributed by atoms with van der Waals surface area (Å²) in [7, 11) is 0. The molecule has 0 aliphatic rings. The second kappa shape index (κ2) is 6.08. The Balaban J connectivity index is 1.66. The van der Waals surface area contributed by atoms with Gasteiger partial charge in [-0.2, -0.15) is 0 Å². The Hall–Kier alpha value is -3.27. The minimum absolute atomic E-state index is 0.444. The van der Waals surface area contributed by atoms with Gasteiger partial charge >= 0.3 is 0 Å². The number of hydrogen-bond acceptors (Lipinski definition) is 4. The van der Waals surface area contributed by atoms with Gasteiger partial charge in [-0.05, 0) is 35.7 Å². The molecule has 0 atom stereocenters. The van der Waals surface area contributed by atoms with Crippen LogP contribution in [0.5, 0.6) is 0 Å². The molecule has 116 valence electrons. The van der Waals surface area contributed by atoms with E-state index in [4.69, 9.17) is 4.42 Å². The van der Waals surface area contributed by atoms with Gasteiger partial charge in [0.15, 0.2) is 17.9 Å². The molecular weight excluding hydrogens is 300 g/mol. The van der Waals surface area contributed by atoms with E-state index in [0.717, 1.165) is 23.7 Å². The van der Waals surface area contributed by atoms with Gasteiger partial charge in [0.1, 0.15) is 5.58 Å². The maximum atomic E-state index is 10.7. The standard InChI is InChI=1S/C20H14N2O2/c23-13-16-11-21-20(22-12-16)19-10-17-9-15(6-7-18(17)24-19)8-14-4-2-1-3-5-14/h1-7,9-13H,8H2. The molecule has 0 amide bonds. The van der Waals surface area contributed by atoms with Crippen molar-refractivity contribution in [3.8, 4) is 11.6 Å². The second-order valence-corrected chi connectivity index (χ2v) is 5.60. The zero-order valence-corrected chi connectivity index (χ0v) is 12.8. The Bertz CT molecular complexity index is 989. The Morgan fingerprint density at radius 1 is 0.917 bits per heavy atom. The van der Waals surface area contributed by atoms with Crippen LogP contribution in [0.2, 0.25) is 0 Å². The van der Waals surface area contributed by atoms with Gasteiger partial charge in [-0.25, -0.2) is 9.97 Å². The van der Waals surface area contributed by atoms with Crippen molar-refractivity contribution in [3.63, 3.8) is 0 Å². The summed E-state index contributed by atoms with van der Waals surface area (Å²) in [5.41, 5.74) is 3.73. The van der Waals surface area contributed by atoms with Crippen molar-refractivity contribution in [2.45, 2.75) is 6.42 Å². The summed E-state index contributed by atoms with van der Waals surface area (Å²) >= 11 is 0. The number of nitrogens with zero attached hydrogens (tertiary/aromatic N) is 2. The number of aromatic nitrogens is 2. The molecule has 0 aliphatic heterocycles. The average molecular weight is 314 g/mol. The monoisotopic (exact) mass is 314 g/mol. The number of carbonyl (C=O) groups is 1. The van der Waals surface area contributed by atoms with Crippen molar-refractivity contribution >= 4 is 17.3 Å². The molecule has 0 N–H and O–H groups in total. The zero-order valence-electron chi connectivity index (χ0n) is 12.8. The highest BCUT2D eigenvalue weighted by atomic mass is 16.3. The van der Waals surface area contributed by atoms with E-state index in [-0.39, 0.29) is 0 Å². The van der Waals surface area contributed by atoms with Crippen molar-refractivity contribution < 1.29 is 9.21 Å². The lowest BCUT2D eigenvalue weighted by atomic mass is 10.0. The van der Waals surface area contributed by atoms with Gasteiger partial charge in [0.25, 0.3) is 0 Å². The van der Waals surface area contributed by atoms with Gasteiger partial charge in [0.05, 0.1) is 5.56 Å². The van der Waals surface area contributed by atoms with Gasteiger partial charge in [0.2, 0.25) is 0 Å². The van der Waals surface area contributed by atoms with Crippen molar-refractivity contribution in [1.29, 1.82) is 0 Å². The Morgan fingerprint density at radius 3 is 2.46 bits per heavy atom. The topological polar surface area (TPSA) is 56.0 Å². The fraction of sp³-hybridized carbons (Fsp3) is 0.0500. The summed E-state index contributed by atoms with van der Waals surface area (Å²) in [5, 5.41) is 1.02. The van der Waals surface area contributed by atoms with E-state index < -0.39 is 0 Å². The normalized spacial score (nSPS) is 10.8. The van der Waals surface area contributed by atoms with Gasteiger partial charge in [0, 0.05) is 17.8 Å². The number of furan rings is 1. The summed E-state index contributed by atoms with van der Waals surface area (Å²) in [6.45, 7) is 0. The molecular formula is C20H14N2O2. The maximum absolute atomic E-state index is 10.7. The van der Waals surface area contributed by atoms with Crippen molar-refractivity contribution in [2.24, 2.45) is 0 Å². The van der Waals surface area contributed by atoms with E-state index in [2.05, 4.69) is 34.2 Å². The van der Waals surface area contributed by atoms with Crippen molar-refractivity contribution in [3.05, 3.63) is 83.7 Å². The Morgan fingerprint density at radius 2 is 1.71 bits per heavy atom. The molecule has 4 aromatic rings. The molecule has 0 bridgehead atoms. The third-order valence-corrected chi connectivity index (χ3v) is 3.86. The molecule has 0 saturated carbocycles. The van der Waals surface area contributed by atoms with Crippen LogP contribution >= 0.6 is 0 Å². The molecule has 0 radical (unpaired) electrons. The van der Waals surface area contributed by atoms with E-state index in [9.17, 15) is 4.79 Å². The molecule has 0 unspecified atom stereocenters. The van der Waals surface area contributed by atoms with Gasteiger partial charge in [-0.15, -0.1) is 0 Å². The van der Waals surface area contributed by atoms with E-state index >= 15 is 0 Å². The molecule has 2 heterocycles. The quantitative estimate of drug-likeness (QED) is 0.527. The highest BCUT2D eigenvalue weighted by molar-refractivity contribution is 5.82. The number of fused-ring (bicyclic) bond motifs is 1. The minimum atomic E-state index is 0.444. The molecule has 4 nitrogen and oxygen atoms in total. The first kappa shape index (κ1) is 14.3. The van der Waals surface area contributed by atoms with Crippen LogP contribution in [0.15, 0.2) is 71.4 Å². The van der Waals surface area contributed by atoms with E-state index in [1.54, 1.807) is 0 Å². The molecule has 0 aliphatic carbocycles. The van der Waals surface area contributed by atoms with E-state index in [1.165, 1.54) is 23.5 Å². The molecule has 0 spiro atoms. The van der Waals surface area contributed by atoms with Crippen LogP contribution in [-0.2, 0) is 6.42 Å². The summed E-state index contributed by atoms with van der Waals surface area (Å²) in [5.74, 6) is 1.07. The average Bonchev–Trinajstić information content (AvgIpc) is 3.06. The zero-order chi connectivity index (χ0) is 16.4. The fourth-order valence-corrected chi connectivity index (χ4v) is 2.67. The maximum Gasteiger partial charge on any atom is 0.195 e. The highest BCUT2D eigenvalue weighted by Crippen LogP contribution is 2.27.